The molecular weight excluding hydrogens is 281 g/mol. The zero-order valence-corrected chi connectivity index (χ0v) is 10.9. The topological polar surface area (TPSA) is 86.6 Å². The first-order valence-corrected chi connectivity index (χ1v) is 5.74. The minimum Gasteiger partial charge on any atom is -0.506 e. The van der Waals surface area contributed by atoms with Gasteiger partial charge in [0.1, 0.15) is 16.8 Å². The summed E-state index contributed by atoms with van der Waals surface area (Å²) in [7, 11) is 0. The number of aromatic hydroxyl groups is 1. The Balaban J connectivity index is 2.98. The standard InChI is InChI=1S/C11H11Cl2NO4/c1-5(15)14-7(11(17)18)4-6-2-3-8(16)10(13)9(6)12/h2-3,7,16H,4H2,1H3,(H,14,15)(H,17,18)/t7-/m1/s1. The minimum atomic E-state index is -1.18. The molecule has 3 N–H and O–H groups in total. The van der Waals surface area contributed by atoms with Crippen LogP contribution in [0.4, 0.5) is 0 Å². The lowest BCUT2D eigenvalue weighted by molar-refractivity contribution is -0.141. The Kier molecular flexibility index (Phi) is 4.81. The van der Waals surface area contributed by atoms with Crippen molar-refractivity contribution in [3.05, 3.63) is 27.7 Å². The Hall–Kier alpha value is -1.46. The van der Waals surface area contributed by atoms with Crippen LogP contribution in [0.2, 0.25) is 10.0 Å². The van der Waals surface area contributed by atoms with Crippen molar-refractivity contribution in [3.8, 4) is 5.75 Å². The first-order valence-electron chi connectivity index (χ1n) is 4.98. The van der Waals surface area contributed by atoms with Crippen molar-refractivity contribution >= 4 is 35.1 Å². The second kappa shape index (κ2) is 5.93. The van der Waals surface area contributed by atoms with Crippen LogP contribution < -0.4 is 5.32 Å². The number of carboxylic acid groups (broad SMARTS) is 1. The number of benzene rings is 1. The number of halogens is 2. The van der Waals surface area contributed by atoms with E-state index in [1.165, 1.54) is 19.1 Å². The van der Waals surface area contributed by atoms with Crippen LogP contribution in [0.15, 0.2) is 12.1 Å². The number of carbonyl (C=O) groups is 2. The molecule has 0 saturated carbocycles. The molecule has 0 bridgehead atoms. The maximum atomic E-state index is 11.0. The molecule has 0 radical (unpaired) electrons. The van der Waals surface area contributed by atoms with Gasteiger partial charge in [0.2, 0.25) is 5.91 Å². The number of aliphatic carboxylic acids is 1. The second-order valence-corrected chi connectivity index (χ2v) is 4.42. The largest absolute Gasteiger partial charge is 0.506 e. The van der Waals surface area contributed by atoms with Crippen LogP contribution in [0.5, 0.6) is 5.75 Å². The summed E-state index contributed by atoms with van der Waals surface area (Å²) in [6, 6.07) is 1.68. The van der Waals surface area contributed by atoms with Gasteiger partial charge >= 0.3 is 5.97 Å². The second-order valence-electron chi connectivity index (χ2n) is 3.67. The van der Waals surface area contributed by atoms with E-state index in [1.807, 2.05) is 0 Å². The molecule has 0 aromatic heterocycles. The molecule has 1 aromatic carbocycles. The van der Waals surface area contributed by atoms with Crippen molar-refractivity contribution in [2.75, 3.05) is 0 Å². The number of nitrogens with one attached hydrogen (secondary N) is 1. The number of rotatable bonds is 4. The summed E-state index contributed by atoms with van der Waals surface area (Å²) in [4.78, 5) is 21.8. The number of phenols is 1. The van der Waals surface area contributed by atoms with E-state index in [9.17, 15) is 14.7 Å². The lowest BCUT2D eigenvalue weighted by Gasteiger charge is -2.14. The van der Waals surface area contributed by atoms with E-state index >= 15 is 0 Å². The highest BCUT2D eigenvalue weighted by atomic mass is 35.5. The van der Waals surface area contributed by atoms with Gasteiger partial charge in [-0.1, -0.05) is 29.3 Å². The molecule has 0 heterocycles. The van der Waals surface area contributed by atoms with Crippen LogP contribution in [-0.2, 0) is 16.0 Å². The van der Waals surface area contributed by atoms with Crippen molar-refractivity contribution < 1.29 is 19.8 Å². The van der Waals surface area contributed by atoms with E-state index < -0.39 is 17.9 Å². The Labute approximate surface area is 113 Å². The third kappa shape index (κ3) is 3.51. The predicted octanol–water partition coefficient (Wildman–Crippen LogP) is 1.83. The van der Waals surface area contributed by atoms with Crippen molar-refractivity contribution in [3.63, 3.8) is 0 Å². The molecular formula is C11H11Cl2NO4. The number of hydrogen-bond acceptors (Lipinski definition) is 3. The molecule has 18 heavy (non-hydrogen) atoms. The molecule has 1 amide bonds. The van der Waals surface area contributed by atoms with Crippen LogP contribution in [0.25, 0.3) is 0 Å². The van der Waals surface area contributed by atoms with Crippen LogP contribution in [0.3, 0.4) is 0 Å². The van der Waals surface area contributed by atoms with Crippen molar-refractivity contribution in [2.45, 2.75) is 19.4 Å². The lowest BCUT2D eigenvalue weighted by atomic mass is 10.1. The number of carboxylic acids is 1. The van der Waals surface area contributed by atoms with Crippen LogP contribution >= 0.6 is 23.2 Å². The molecule has 1 aromatic rings. The van der Waals surface area contributed by atoms with Gasteiger partial charge in [-0.15, -0.1) is 0 Å². The van der Waals surface area contributed by atoms with Gasteiger partial charge in [0.15, 0.2) is 0 Å². The molecule has 0 fully saturated rings. The van der Waals surface area contributed by atoms with Crippen LogP contribution in [-0.4, -0.2) is 28.1 Å². The summed E-state index contributed by atoms with van der Waals surface area (Å²) < 4.78 is 0. The quantitative estimate of drug-likeness (QED) is 0.790. The van der Waals surface area contributed by atoms with Gasteiger partial charge in [-0.25, -0.2) is 4.79 Å². The average molecular weight is 292 g/mol. The van der Waals surface area contributed by atoms with Gasteiger partial charge in [0.05, 0.1) is 5.02 Å². The minimum absolute atomic E-state index is 0.0201. The van der Waals surface area contributed by atoms with Crippen molar-refractivity contribution in [1.82, 2.24) is 5.32 Å². The molecule has 0 unspecified atom stereocenters. The van der Waals surface area contributed by atoms with E-state index in [0.29, 0.717) is 5.56 Å². The summed E-state index contributed by atoms with van der Waals surface area (Å²) >= 11 is 11.6. The maximum Gasteiger partial charge on any atom is 0.326 e. The number of amides is 1. The molecule has 0 saturated heterocycles. The molecule has 0 aliphatic rings. The fourth-order valence-corrected chi connectivity index (χ4v) is 1.82. The highest BCUT2D eigenvalue weighted by molar-refractivity contribution is 6.43. The van der Waals surface area contributed by atoms with Gasteiger partial charge in [-0.2, -0.15) is 0 Å². The summed E-state index contributed by atoms with van der Waals surface area (Å²) in [5.41, 5.74) is 0.431. The van der Waals surface area contributed by atoms with Gasteiger partial charge in [-0.3, -0.25) is 4.79 Å². The summed E-state index contributed by atoms with van der Waals surface area (Å²) in [6.45, 7) is 1.22. The highest BCUT2D eigenvalue weighted by Crippen LogP contribution is 2.34. The van der Waals surface area contributed by atoms with Gasteiger partial charge in [0, 0.05) is 13.3 Å². The van der Waals surface area contributed by atoms with Gasteiger partial charge in [0.25, 0.3) is 0 Å². The third-order valence-electron chi connectivity index (χ3n) is 2.24. The molecule has 0 aliphatic heterocycles. The normalized spacial score (nSPS) is 11.9. The zero-order chi connectivity index (χ0) is 13.9. The van der Waals surface area contributed by atoms with Crippen molar-refractivity contribution in [1.29, 1.82) is 0 Å². The first-order chi connectivity index (χ1) is 8.32. The van der Waals surface area contributed by atoms with Gasteiger partial charge in [-0.05, 0) is 11.6 Å². The fourth-order valence-electron chi connectivity index (χ4n) is 1.40. The SMILES string of the molecule is CC(=O)N[C@H](Cc1ccc(O)c(Cl)c1Cl)C(=O)O. The molecule has 7 heteroatoms. The molecule has 1 rings (SSSR count). The van der Waals surface area contributed by atoms with Crippen LogP contribution in [0.1, 0.15) is 12.5 Å². The van der Waals surface area contributed by atoms with E-state index in [0.717, 1.165) is 0 Å². The van der Waals surface area contributed by atoms with Crippen LogP contribution in [0, 0.1) is 0 Å². The monoisotopic (exact) mass is 291 g/mol. The molecule has 1 atom stereocenters. The van der Waals surface area contributed by atoms with E-state index in [4.69, 9.17) is 28.3 Å². The summed E-state index contributed by atoms with van der Waals surface area (Å²) in [5.74, 6) is -1.81. The average Bonchev–Trinajstić information content (AvgIpc) is 2.28. The molecule has 0 aliphatic carbocycles. The van der Waals surface area contributed by atoms with E-state index in [-0.39, 0.29) is 22.2 Å². The fraction of sp³-hybridized carbons (Fsp3) is 0.273. The maximum absolute atomic E-state index is 11.0. The Morgan fingerprint density at radius 2 is 1.94 bits per heavy atom. The van der Waals surface area contributed by atoms with E-state index in [1.54, 1.807) is 0 Å². The zero-order valence-electron chi connectivity index (χ0n) is 9.41. The van der Waals surface area contributed by atoms with Crippen molar-refractivity contribution in [2.24, 2.45) is 0 Å². The molecule has 5 nitrogen and oxygen atoms in total. The summed E-state index contributed by atoms with van der Waals surface area (Å²) in [5, 5.41) is 20.6. The Morgan fingerprint density at radius 1 is 1.33 bits per heavy atom. The highest BCUT2D eigenvalue weighted by Gasteiger charge is 2.21. The molecule has 0 spiro atoms. The Bertz CT molecular complexity index is 490. The Morgan fingerprint density at radius 3 is 2.44 bits per heavy atom. The number of hydrogen-bond donors (Lipinski definition) is 3. The first kappa shape index (κ1) is 14.6. The summed E-state index contributed by atoms with van der Waals surface area (Å²) in [6.07, 6.45) is -0.0201. The number of phenolic OH excluding ortho intramolecular Hbond substituents is 1. The van der Waals surface area contributed by atoms with E-state index in [2.05, 4.69) is 5.32 Å². The third-order valence-corrected chi connectivity index (χ3v) is 3.15. The lowest BCUT2D eigenvalue weighted by Crippen LogP contribution is -2.41. The predicted molar refractivity (Wildman–Crippen MR) is 67.1 cm³/mol. The molecule has 98 valence electrons. The van der Waals surface area contributed by atoms with Gasteiger partial charge < -0.3 is 15.5 Å². The number of carbonyl (C=O) groups excluding carboxylic acids is 1. The smallest absolute Gasteiger partial charge is 0.326 e.